The molecule has 2 atom stereocenters. The van der Waals surface area contributed by atoms with Gasteiger partial charge in [-0.25, -0.2) is 0 Å². The summed E-state index contributed by atoms with van der Waals surface area (Å²) in [5.74, 6) is 1.07. The lowest BCUT2D eigenvalue weighted by Crippen LogP contribution is -2.36. The fourth-order valence-corrected chi connectivity index (χ4v) is 4.05. The normalized spacial score (nSPS) is 24.8. The Bertz CT molecular complexity index is 744. The molecular formula is C19H25N3O. The molecule has 0 radical (unpaired) electrons. The SMILES string of the molecule is CN(C)[C@@H]1CN(C(=O)C2CC2)C[C@H]1c1cn(C)c2ccccc12. The number of hydrogen-bond donors (Lipinski definition) is 0. The Morgan fingerprint density at radius 2 is 1.91 bits per heavy atom. The molecule has 2 aliphatic rings. The molecule has 1 aromatic heterocycles. The van der Waals surface area contributed by atoms with Gasteiger partial charge < -0.3 is 14.4 Å². The van der Waals surface area contributed by atoms with Gasteiger partial charge in [0.05, 0.1) is 0 Å². The van der Waals surface area contributed by atoms with E-state index in [2.05, 4.69) is 66.0 Å². The van der Waals surface area contributed by atoms with Gasteiger partial charge in [0.2, 0.25) is 5.91 Å². The van der Waals surface area contributed by atoms with Crippen LogP contribution in [0.15, 0.2) is 30.5 Å². The zero-order valence-electron chi connectivity index (χ0n) is 14.2. The summed E-state index contributed by atoms with van der Waals surface area (Å²) in [5, 5.41) is 1.33. The van der Waals surface area contributed by atoms with Gasteiger partial charge in [-0.2, -0.15) is 0 Å². The number of nitrogens with zero attached hydrogens (tertiary/aromatic N) is 3. The molecule has 1 aliphatic heterocycles. The van der Waals surface area contributed by atoms with E-state index in [1.54, 1.807) is 0 Å². The van der Waals surface area contributed by atoms with Crippen molar-refractivity contribution in [2.24, 2.45) is 13.0 Å². The molecule has 0 bridgehead atoms. The van der Waals surface area contributed by atoms with E-state index in [1.165, 1.54) is 16.5 Å². The van der Waals surface area contributed by atoms with Crippen LogP contribution in [0, 0.1) is 5.92 Å². The molecule has 0 spiro atoms. The van der Waals surface area contributed by atoms with E-state index in [-0.39, 0.29) is 0 Å². The first kappa shape index (κ1) is 14.8. The Balaban J connectivity index is 1.71. The lowest BCUT2D eigenvalue weighted by Gasteiger charge is -2.24. The van der Waals surface area contributed by atoms with Crippen LogP contribution in [0.4, 0.5) is 0 Å². The molecule has 1 saturated carbocycles. The zero-order valence-corrected chi connectivity index (χ0v) is 14.2. The third-order valence-electron chi connectivity index (χ3n) is 5.52. The molecule has 4 nitrogen and oxygen atoms in total. The van der Waals surface area contributed by atoms with Gasteiger partial charge in [-0.15, -0.1) is 0 Å². The van der Waals surface area contributed by atoms with Crippen molar-refractivity contribution in [2.75, 3.05) is 27.2 Å². The molecule has 1 amide bonds. The van der Waals surface area contributed by atoms with Gasteiger partial charge in [0.15, 0.2) is 0 Å². The Kier molecular flexibility index (Phi) is 3.45. The van der Waals surface area contributed by atoms with Crippen molar-refractivity contribution in [3.05, 3.63) is 36.0 Å². The van der Waals surface area contributed by atoms with Crippen molar-refractivity contribution in [1.29, 1.82) is 0 Å². The van der Waals surface area contributed by atoms with Crippen molar-refractivity contribution in [3.8, 4) is 0 Å². The van der Waals surface area contributed by atoms with Gasteiger partial charge in [0.1, 0.15) is 0 Å². The fourth-order valence-electron chi connectivity index (χ4n) is 4.05. The minimum Gasteiger partial charge on any atom is -0.350 e. The van der Waals surface area contributed by atoms with Crippen LogP contribution in [0.3, 0.4) is 0 Å². The molecule has 0 N–H and O–H groups in total. The van der Waals surface area contributed by atoms with E-state index in [4.69, 9.17) is 0 Å². The first-order chi connectivity index (χ1) is 11.1. The molecule has 0 unspecified atom stereocenters. The monoisotopic (exact) mass is 311 g/mol. The topological polar surface area (TPSA) is 28.5 Å². The number of rotatable bonds is 3. The van der Waals surface area contributed by atoms with Crippen molar-refractivity contribution in [3.63, 3.8) is 0 Å². The van der Waals surface area contributed by atoms with Gasteiger partial charge in [-0.05, 0) is 38.6 Å². The number of carbonyl (C=O) groups is 1. The first-order valence-corrected chi connectivity index (χ1v) is 8.55. The highest BCUT2D eigenvalue weighted by molar-refractivity contribution is 5.85. The number of likely N-dealkylation sites (tertiary alicyclic amines) is 1. The predicted molar refractivity (Wildman–Crippen MR) is 92.4 cm³/mol. The van der Waals surface area contributed by atoms with Gasteiger partial charge in [-0.3, -0.25) is 4.79 Å². The average molecular weight is 311 g/mol. The van der Waals surface area contributed by atoms with Crippen molar-refractivity contribution < 1.29 is 4.79 Å². The highest BCUT2D eigenvalue weighted by Gasteiger charge is 2.42. The number of fused-ring (bicyclic) bond motifs is 1. The summed E-state index contributed by atoms with van der Waals surface area (Å²) in [5.41, 5.74) is 2.65. The molecule has 1 aliphatic carbocycles. The largest absolute Gasteiger partial charge is 0.350 e. The van der Waals surface area contributed by atoms with E-state index in [0.717, 1.165) is 25.9 Å². The van der Waals surface area contributed by atoms with Crippen LogP contribution < -0.4 is 0 Å². The third kappa shape index (κ3) is 2.45. The molecule has 23 heavy (non-hydrogen) atoms. The highest BCUT2D eigenvalue weighted by atomic mass is 16.2. The Labute approximate surface area is 137 Å². The van der Waals surface area contributed by atoms with E-state index >= 15 is 0 Å². The molecule has 4 rings (SSSR count). The molecule has 122 valence electrons. The standard InChI is InChI=1S/C19H25N3O/c1-20(2)18-12-22(19(23)13-8-9-13)11-16(18)15-10-21(3)17-7-5-4-6-14(15)17/h4-7,10,13,16,18H,8-9,11-12H2,1-3H3/t16-,18+/m0/s1. The number of amides is 1. The number of likely N-dealkylation sites (N-methyl/N-ethyl adjacent to an activating group) is 1. The molecule has 2 heterocycles. The van der Waals surface area contributed by atoms with Crippen LogP contribution in [-0.4, -0.2) is 53.5 Å². The number of hydrogen-bond acceptors (Lipinski definition) is 2. The second-order valence-corrected chi connectivity index (χ2v) is 7.37. The van der Waals surface area contributed by atoms with Crippen molar-refractivity contribution >= 4 is 16.8 Å². The van der Waals surface area contributed by atoms with E-state index in [0.29, 0.717) is 23.8 Å². The van der Waals surface area contributed by atoms with Gasteiger partial charge in [0.25, 0.3) is 0 Å². The minimum atomic E-state index is 0.309. The van der Waals surface area contributed by atoms with Crippen LogP contribution in [0.1, 0.15) is 24.3 Å². The summed E-state index contributed by atoms with van der Waals surface area (Å²) in [6.07, 6.45) is 4.43. The quantitative estimate of drug-likeness (QED) is 0.871. The maximum absolute atomic E-state index is 12.5. The van der Waals surface area contributed by atoms with Crippen molar-refractivity contribution in [2.45, 2.75) is 24.8 Å². The second kappa shape index (κ2) is 5.38. The van der Waals surface area contributed by atoms with Crippen LogP contribution in [0.2, 0.25) is 0 Å². The van der Waals surface area contributed by atoms with Crippen LogP contribution in [0.5, 0.6) is 0 Å². The summed E-state index contributed by atoms with van der Waals surface area (Å²) >= 11 is 0. The molecule has 1 saturated heterocycles. The summed E-state index contributed by atoms with van der Waals surface area (Å²) in [6.45, 7) is 1.71. The lowest BCUT2D eigenvalue weighted by molar-refractivity contribution is -0.131. The maximum Gasteiger partial charge on any atom is 0.225 e. The summed E-state index contributed by atoms with van der Waals surface area (Å²) in [6, 6.07) is 8.98. The molecule has 1 aromatic carbocycles. The number of aromatic nitrogens is 1. The van der Waals surface area contributed by atoms with Crippen LogP contribution >= 0.6 is 0 Å². The van der Waals surface area contributed by atoms with Crippen LogP contribution in [0.25, 0.3) is 10.9 Å². The number of aryl methyl sites for hydroxylation is 1. The lowest BCUT2D eigenvalue weighted by atomic mass is 9.93. The molecular weight excluding hydrogens is 286 g/mol. The predicted octanol–water partition coefficient (Wildman–Crippen LogP) is 2.44. The average Bonchev–Trinajstić information content (AvgIpc) is 3.21. The first-order valence-electron chi connectivity index (χ1n) is 8.55. The van der Waals surface area contributed by atoms with E-state index < -0.39 is 0 Å². The maximum atomic E-state index is 12.5. The minimum absolute atomic E-state index is 0.309. The van der Waals surface area contributed by atoms with Gasteiger partial charge in [-0.1, -0.05) is 18.2 Å². The highest BCUT2D eigenvalue weighted by Crippen LogP contribution is 2.38. The van der Waals surface area contributed by atoms with Gasteiger partial charge >= 0.3 is 0 Å². The third-order valence-corrected chi connectivity index (χ3v) is 5.52. The van der Waals surface area contributed by atoms with E-state index in [9.17, 15) is 4.79 Å². The number of benzene rings is 1. The molecule has 2 fully saturated rings. The fraction of sp³-hybridized carbons (Fsp3) is 0.526. The number of para-hydroxylation sites is 1. The van der Waals surface area contributed by atoms with Crippen LogP contribution in [-0.2, 0) is 11.8 Å². The smallest absolute Gasteiger partial charge is 0.225 e. The molecule has 4 heteroatoms. The van der Waals surface area contributed by atoms with Gasteiger partial charge in [0, 0.05) is 55.1 Å². The second-order valence-electron chi connectivity index (χ2n) is 7.37. The Hall–Kier alpha value is -1.81. The zero-order chi connectivity index (χ0) is 16.1. The molecule has 2 aromatic rings. The Morgan fingerprint density at radius 3 is 2.61 bits per heavy atom. The van der Waals surface area contributed by atoms with E-state index in [1.807, 2.05) is 0 Å². The summed E-state index contributed by atoms with van der Waals surface area (Å²) < 4.78 is 2.21. The summed E-state index contributed by atoms with van der Waals surface area (Å²) in [7, 11) is 6.38. The summed E-state index contributed by atoms with van der Waals surface area (Å²) in [4.78, 5) is 16.9. The Morgan fingerprint density at radius 1 is 1.17 bits per heavy atom. The van der Waals surface area contributed by atoms with Crippen molar-refractivity contribution in [1.82, 2.24) is 14.4 Å². The number of carbonyl (C=O) groups excluding carboxylic acids is 1.